The van der Waals surface area contributed by atoms with Crippen molar-refractivity contribution in [2.75, 3.05) is 18.0 Å². The molecule has 3 amide bonds. The van der Waals surface area contributed by atoms with Crippen molar-refractivity contribution in [2.45, 2.75) is 17.5 Å². The first-order chi connectivity index (χ1) is 22.4. The number of carbonyl (C=O) groups excluding carboxylic acids is 3. The predicted octanol–water partition coefficient (Wildman–Crippen LogP) is 1.61. The Hall–Kier alpha value is -5.14. The molecule has 8 N–H and O–H groups in total. The number of anilines is 1. The first-order valence-electron chi connectivity index (χ1n) is 13.3. The number of thiazole rings is 1. The quantitative estimate of drug-likeness (QED) is 0.0638. The van der Waals surface area contributed by atoms with E-state index >= 15 is 0 Å². The predicted molar refractivity (Wildman–Crippen MR) is 170 cm³/mol. The van der Waals surface area contributed by atoms with E-state index in [1.807, 2.05) is 0 Å². The number of fused-ring (bicyclic) bond motifs is 1. The van der Waals surface area contributed by atoms with Crippen LogP contribution in [0, 0.1) is 0 Å². The lowest BCUT2D eigenvalue weighted by Gasteiger charge is -2.49. The molecule has 3 heterocycles. The molecule has 0 bridgehead atoms. The summed E-state index contributed by atoms with van der Waals surface area (Å²) >= 11 is 5.14. The molecule has 3 atom stereocenters. The zero-order valence-electron chi connectivity index (χ0n) is 23.6. The molecule has 1 saturated heterocycles. The number of hydrogen-bond donors (Lipinski definition) is 7. The third-order valence-corrected chi connectivity index (χ3v) is 9.48. The molecule has 1 aromatic heterocycles. The second-order valence-corrected chi connectivity index (χ2v) is 12.7. The Kier molecular flexibility index (Phi) is 9.68. The van der Waals surface area contributed by atoms with Crippen LogP contribution >= 0.6 is 39.0 Å². The van der Waals surface area contributed by atoms with Gasteiger partial charge >= 0.3 is 11.9 Å². The number of phenols is 2. The van der Waals surface area contributed by atoms with Gasteiger partial charge in [-0.05, 0) is 33.6 Å². The number of nitrogens with zero attached hydrogens (tertiary/aromatic N) is 3. The number of aliphatic carboxylic acids is 2. The summed E-state index contributed by atoms with van der Waals surface area (Å²) in [4.78, 5) is 73.8. The van der Waals surface area contributed by atoms with Crippen LogP contribution in [0.25, 0.3) is 0 Å². The standard InChI is InChI=1S/C28H23BrN6O10S2/c29-14-6-12(7-16(36)20(14)37)22(38)31-8-13-9-46-25-18(24(40)35(25)19(13)26(41)42)33-23(39)17(15-10-47-28(30)32-15)34-45-21(27(43)44)11-4-2-1-3-5-11/h1-7,10,18,21,25,36-37H,8-9H2,(H2,30,32)(H,31,38)(H,33,39)(H,41,42)(H,43,44)/b34-17-/t18-,21?,25?/m1/s1. The van der Waals surface area contributed by atoms with Gasteiger partial charge in [-0.2, -0.15) is 0 Å². The molecule has 16 nitrogen and oxygen atoms in total. The number of nitrogens with one attached hydrogen (secondary N) is 2. The normalized spacial score (nSPS) is 18.1. The summed E-state index contributed by atoms with van der Waals surface area (Å²) < 4.78 is 0.0688. The number of amides is 3. The molecular weight excluding hydrogens is 724 g/mol. The van der Waals surface area contributed by atoms with E-state index in [4.69, 9.17) is 10.6 Å². The lowest BCUT2D eigenvalue weighted by atomic mass is 10.0. The maximum Gasteiger partial charge on any atom is 0.352 e. The highest BCUT2D eigenvalue weighted by molar-refractivity contribution is 9.10. The Morgan fingerprint density at radius 2 is 1.89 bits per heavy atom. The van der Waals surface area contributed by atoms with Crippen LogP contribution in [0.2, 0.25) is 0 Å². The van der Waals surface area contributed by atoms with Crippen molar-refractivity contribution in [1.82, 2.24) is 20.5 Å². The number of aromatic hydroxyl groups is 2. The summed E-state index contributed by atoms with van der Waals surface area (Å²) in [5.74, 6) is -6.13. The van der Waals surface area contributed by atoms with Crippen molar-refractivity contribution < 1.29 is 49.2 Å². The number of aromatic nitrogens is 1. The van der Waals surface area contributed by atoms with Crippen molar-refractivity contribution in [3.8, 4) is 11.5 Å². The van der Waals surface area contributed by atoms with Gasteiger partial charge in [-0.1, -0.05) is 35.5 Å². The third kappa shape index (κ3) is 6.86. The number of oxime groups is 1. The molecule has 2 unspecified atom stereocenters. The van der Waals surface area contributed by atoms with Crippen LogP contribution in [-0.4, -0.2) is 89.4 Å². The largest absolute Gasteiger partial charge is 0.504 e. The van der Waals surface area contributed by atoms with E-state index < -0.39 is 64.4 Å². The number of rotatable bonds is 11. The number of nitrogens with two attached hydrogens (primary N) is 1. The SMILES string of the molecule is Nc1nc(/C(=N/OC(C(=O)O)c2ccccc2)C(=O)N[C@@H]2C(=O)N3C(C(=O)O)=C(CNC(=O)c4cc(O)c(O)c(Br)c4)CSC23)cs1. The number of hydrogen-bond acceptors (Lipinski definition) is 13. The highest BCUT2D eigenvalue weighted by Crippen LogP contribution is 2.40. The smallest absolute Gasteiger partial charge is 0.352 e. The van der Waals surface area contributed by atoms with Gasteiger partial charge in [0.15, 0.2) is 22.3 Å². The lowest BCUT2D eigenvalue weighted by Crippen LogP contribution is -2.71. The zero-order chi connectivity index (χ0) is 34.0. The minimum absolute atomic E-state index is 0.0180. The maximum absolute atomic E-state index is 13.4. The number of halogens is 1. The molecule has 2 aliphatic rings. The van der Waals surface area contributed by atoms with Gasteiger partial charge in [0.2, 0.25) is 6.10 Å². The fourth-order valence-electron chi connectivity index (χ4n) is 4.62. The monoisotopic (exact) mass is 746 g/mol. The van der Waals surface area contributed by atoms with E-state index in [0.29, 0.717) is 0 Å². The van der Waals surface area contributed by atoms with Crippen molar-refractivity contribution in [3.63, 3.8) is 0 Å². The Bertz CT molecular complexity index is 1830. The Balaban J connectivity index is 1.32. The van der Waals surface area contributed by atoms with E-state index in [-0.39, 0.29) is 50.0 Å². The van der Waals surface area contributed by atoms with Crippen LogP contribution < -0.4 is 16.4 Å². The fraction of sp³-hybridized carbons (Fsp3) is 0.179. The zero-order valence-corrected chi connectivity index (χ0v) is 26.8. The van der Waals surface area contributed by atoms with E-state index in [1.54, 1.807) is 18.2 Å². The Morgan fingerprint density at radius 1 is 1.17 bits per heavy atom. The second-order valence-electron chi connectivity index (χ2n) is 9.87. The van der Waals surface area contributed by atoms with Gasteiger partial charge in [0.25, 0.3) is 17.7 Å². The van der Waals surface area contributed by atoms with Crippen molar-refractivity contribution in [1.29, 1.82) is 0 Å². The van der Waals surface area contributed by atoms with Crippen molar-refractivity contribution >= 4 is 79.5 Å². The number of carboxylic acid groups (broad SMARTS) is 2. The molecule has 0 radical (unpaired) electrons. The van der Waals surface area contributed by atoms with Crippen LogP contribution in [0.4, 0.5) is 5.13 Å². The molecule has 0 aliphatic carbocycles. The number of benzene rings is 2. The van der Waals surface area contributed by atoms with Crippen LogP contribution in [0.15, 0.2) is 68.7 Å². The minimum Gasteiger partial charge on any atom is -0.504 e. The summed E-state index contributed by atoms with van der Waals surface area (Å²) in [7, 11) is 0. The van der Waals surface area contributed by atoms with Gasteiger partial charge in [0, 0.05) is 28.8 Å². The number of phenolic OH excluding ortho intramolecular Hbond substituents is 2. The summed E-state index contributed by atoms with van der Waals surface area (Å²) in [5.41, 5.74) is 5.30. The summed E-state index contributed by atoms with van der Waals surface area (Å²) in [5, 5.41) is 48.6. The van der Waals surface area contributed by atoms with Crippen molar-refractivity contribution in [2.24, 2.45) is 5.16 Å². The molecule has 47 heavy (non-hydrogen) atoms. The van der Waals surface area contributed by atoms with E-state index in [0.717, 1.165) is 34.1 Å². The number of β-lactam (4-membered cyclic amide) rings is 1. The molecule has 5 rings (SSSR count). The Morgan fingerprint density at radius 3 is 2.51 bits per heavy atom. The molecule has 244 valence electrons. The molecule has 1 fully saturated rings. The van der Waals surface area contributed by atoms with Crippen LogP contribution in [0.5, 0.6) is 11.5 Å². The first-order valence-corrected chi connectivity index (χ1v) is 16.0. The van der Waals surface area contributed by atoms with Gasteiger partial charge in [-0.3, -0.25) is 19.3 Å². The van der Waals surface area contributed by atoms with Crippen LogP contribution in [-0.2, 0) is 24.0 Å². The minimum atomic E-state index is -1.58. The van der Waals surface area contributed by atoms with E-state index in [2.05, 4.69) is 36.7 Å². The van der Waals surface area contributed by atoms with Gasteiger partial charge < -0.3 is 41.6 Å². The van der Waals surface area contributed by atoms with Gasteiger partial charge in [-0.15, -0.1) is 23.1 Å². The molecule has 0 spiro atoms. The van der Waals surface area contributed by atoms with E-state index in [1.165, 1.54) is 23.6 Å². The van der Waals surface area contributed by atoms with Crippen LogP contribution in [0.1, 0.15) is 27.7 Å². The number of nitrogen functional groups attached to an aromatic ring is 1. The highest BCUT2D eigenvalue weighted by atomic mass is 79.9. The van der Waals surface area contributed by atoms with Gasteiger partial charge in [0.05, 0.1) is 4.47 Å². The fourth-order valence-corrected chi connectivity index (χ4v) is 6.96. The number of carbonyl (C=O) groups is 5. The second kappa shape index (κ2) is 13.7. The molecule has 0 saturated carbocycles. The highest BCUT2D eigenvalue weighted by Gasteiger charge is 2.54. The summed E-state index contributed by atoms with van der Waals surface area (Å²) in [6, 6.07) is 8.99. The number of thioether (sulfide) groups is 1. The number of carboxylic acids is 2. The van der Waals surface area contributed by atoms with E-state index in [9.17, 15) is 44.4 Å². The van der Waals surface area contributed by atoms with Crippen LogP contribution in [0.3, 0.4) is 0 Å². The summed E-state index contributed by atoms with van der Waals surface area (Å²) in [6.45, 7) is -0.258. The molecule has 2 aliphatic heterocycles. The van der Waals surface area contributed by atoms with Crippen molar-refractivity contribution in [3.05, 3.63) is 80.4 Å². The topological polar surface area (TPSA) is 254 Å². The Labute approximate surface area is 281 Å². The maximum atomic E-state index is 13.4. The van der Waals surface area contributed by atoms with Gasteiger partial charge in [-0.25, -0.2) is 14.6 Å². The molecule has 3 aromatic rings. The summed E-state index contributed by atoms with van der Waals surface area (Å²) in [6.07, 6.45) is -1.58. The average molecular weight is 748 g/mol. The third-order valence-electron chi connectivity index (χ3n) is 6.86. The lowest BCUT2D eigenvalue weighted by molar-refractivity contribution is -0.151. The molecular formula is C28H23BrN6O10S2. The first kappa shape index (κ1) is 33.2. The molecule has 2 aromatic carbocycles. The average Bonchev–Trinajstić information content (AvgIpc) is 3.47. The molecule has 19 heteroatoms. The van der Waals surface area contributed by atoms with Gasteiger partial charge in [0.1, 0.15) is 22.8 Å².